The Bertz CT molecular complexity index is 498. The summed E-state index contributed by atoms with van der Waals surface area (Å²) in [7, 11) is -9.91. The van der Waals surface area contributed by atoms with Crippen molar-refractivity contribution in [2.45, 2.75) is 24.3 Å². The molecule has 108 valence electrons. The third-order valence-electron chi connectivity index (χ3n) is 2.82. The fourth-order valence-electron chi connectivity index (χ4n) is 1.75. The first-order valence-corrected chi connectivity index (χ1v) is 8.76. The quantitative estimate of drug-likeness (QED) is 0.509. The fraction of sp³-hybridized carbons (Fsp3) is 0.400. The first kappa shape index (κ1) is 16.5. The monoisotopic (exact) mass is 309 g/mol. The van der Waals surface area contributed by atoms with Crippen molar-refractivity contribution in [2.75, 3.05) is 0 Å². The van der Waals surface area contributed by atoms with Crippen LogP contribution >= 0.6 is 15.2 Å². The van der Waals surface area contributed by atoms with Gasteiger partial charge < -0.3 is 25.3 Å². The summed E-state index contributed by atoms with van der Waals surface area (Å²) in [6.45, 7) is 1.47. The van der Waals surface area contributed by atoms with Crippen molar-refractivity contribution in [3.05, 3.63) is 35.9 Å². The third-order valence-corrected chi connectivity index (χ3v) is 6.54. The Balaban J connectivity index is 3.11. The van der Waals surface area contributed by atoms with Crippen molar-refractivity contribution in [1.29, 1.82) is 0 Å². The molecule has 0 saturated carbocycles. The highest BCUT2D eigenvalue weighted by atomic mass is 31.2. The molecule has 0 fully saturated rings. The van der Waals surface area contributed by atoms with Crippen molar-refractivity contribution in [3.8, 4) is 0 Å². The predicted molar refractivity (Wildman–Crippen MR) is 70.5 cm³/mol. The first-order valence-electron chi connectivity index (χ1n) is 5.39. The van der Waals surface area contributed by atoms with Gasteiger partial charge in [0.1, 0.15) is 0 Å². The van der Waals surface area contributed by atoms with E-state index in [0.29, 0.717) is 5.56 Å². The molecule has 1 atom stereocenters. The molecule has 6 N–H and O–H groups in total. The summed E-state index contributed by atoms with van der Waals surface area (Å²) in [5.41, 5.74) is 5.23. The number of rotatable bonds is 5. The molecule has 1 aromatic rings. The molecule has 1 unspecified atom stereocenters. The smallest absolute Gasteiger partial charge is 0.324 e. The van der Waals surface area contributed by atoms with Gasteiger partial charge in [-0.2, -0.15) is 0 Å². The summed E-state index contributed by atoms with van der Waals surface area (Å²) >= 11 is 0. The Labute approximate surface area is 110 Å². The summed E-state index contributed by atoms with van der Waals surface area (Å²) in [4.78, 5) is 36.3. The number of hydrogen-bond acceptors (Lipinski definition) is 3. The zero-order chi connectivity index (χ0) is 14.9. The number of nitrogens with two attached hydrogens (primary N) is 1. The predicted octanol–water partition coefficient (Wildman–Crippen LogP) is 0.932. The lowest BCUT2D eigenvalue weighted by molar-refractivity contribution is 0.318. The van der Waals surface area contributed by atoms with E-state index in [1.165, 1.54) is 6.92 Å². The highest BCUT2D eigenvalue weighted by molar-refractivity contribution is 7.70. The molecule has 0 spiro atoms. The maximum absolute atomic E-state index is 11.2. The average molecular weight is 309 g/mol. The van der Waals surface area contributed by atoms with Gasteiger partial charge in [0.25, 0.3) is 0 Å². The maximum atomic E-state index is 11.2. The molecule has 0 aliphatic heterocycles. The zero-order valence-corrected chi connectivity index (χ0v) is 12.0. The lowest BCUT2D eigenvalue weighted by Crippen LogP contribution is -2.37. The van der Waals surface area contributed by atoms with Crippen LogP contribution < -0.4 is 5.73 Å². The van der Waals surface area contributed by atoms with Crippen molar-refractivity contribution in [1.82, 2.24) is 0 Å². The molecule has 0 bridgehead atoms. The van der Waals surface area contributed by atoms with E-state index in [1.807, 2.05) is 0 Å². The topological polar surface area (TPSA) is 141 Å². The van der Waals surface area contributed by atoms with E-state index in [0.717, 1.165) is 0 Å². The Morgan fingerprint density at radius 1 is 1.11 bits per heavy atom. The molecule has 1 aromatic carbocycles. The second-order valence-electron chi connectivity index (χ2n) is 4.65. The van der Waals surface area contributed by atoms with E-state index in [9.17, 15) is 9.13 Å². The van der Waals surface area contributed by atoms with Gasteiger partial charge in [0.05, 0.1) is 0 Å². The summed E-state index contributed by atoms with van der Waals surface area (Å²) in [6, 6.07) is 8.38. The van der Waals surface area contributed by atoms with E-state index < -0.39 is 32.6 Å². The molecule has 0 amide bonds. The molecule has 0 radical (unpaired) electrons. The van der Waals surface area contributed by atoms with E-state index in [2.05, 4.69) is 0 Å². The van der Waals surface area contributed by atoms with Crippen LogP contribution in [0.1, 0.15) is 18.9 Å². The minimum atomic E-state index is -4.96. The Kier molecular flexibility index (Phi) is 4.75. The van der Waals surface area contributed by atoms with Crippen LogP contribution in [0.5, 0.6) is 0 Å². The molecule has 0 heterocycles. The number of hydrogen-bond donors (Lipinski definition) is 5. The zero-order valence-electron chi connectivity index (χ0n) is 10.2. The van der Waals surface area contributed by atoms with Crippen LogP contribution in [0.15, 0.2) is 30.3 Å². The minimum absolute atomic E-state index is 0.522. The summed E-state index contributed by atoms with van der Waals surface area (Å²) in [5, 5.41) is -2.10. The van der Waals surface area contributed by atoms with Crippen LogP contribution in [0, 0.1) is 0 Å². The summed E-state index contributed by atoms with van der Waals surface area (Å²) in [6.07, 6.45) is -0.522. The Morgan fingerprint density at radius 2 is 1.53 bits per heavy atom. The summed E-state index contributed by atoms with van der Waals surface area (Å²) < 4.78 is 22.5. The molecule has 0 aromatic heterocycles. The molecule has 0 saturated heterocycles. The Hall–Kier alpha value is -0.520. The highest BCUT2D eigenvalue weighted by Crippen LogP contribution is 2.62. The van der Waals surface area contributed by atoms with E-state index in [-0.39, 0.29) is 0 Å². The van der Waals surface area contributed by atoms with Gasteiger partial charge in [-0.05, 0) is 18.9 Å². The van der Waals surface area contributed by atoms with Crippen LogP contribution in [0.25, 0.3) is 0 Å². The van der Waals surface area contributed by atoms with Crippen LogP contribution in [-0.2, 0) is 14.7 Å². The standard InChI is InChI=1S/C10H17NO6P2/c1-10(11,8-5-3-2-4-6-8)7-9(18(12,13)14)19(15,16)17/h2-6,9H,7,11H2,1H3,(H2,12,13,14)(H2,15,16,17). The van der Waals surface area contributed by atoms with Crippen molar-refractivity contribution < 1.29 is 28.7 Å². The van der Waals surface area contributed by atoms with Gasteiger partial charge in [0, 0.05) is 5.54 Å². The van der Waals surface area contributed by atoms with E-state index in [4.69, 9.17) is 25.3 Å². The van der Waals surface area contributed by atoms with Crippen molar-refractivity contribution in [2.24, 2.45) is 5.73 Å². The van der Waals surface area contributed by atoms with Crippen LogP contribution in [-0.4, -0.2) is 25.0 Å². The summed E-state index contributed by atoms with van der Waals surface area (Å²) in [5.74, 6) is 0. The largest absolute Gasteiger partial charge is 0.340 e. The van der Waals surface area contributed by atoms with Crippen LogP contribution in [0.2, 0.25) is 0 Å². The molecular weight excluding hydrogens is 292 g/mol. The van der Waals surface area contributed by atoms with Crippen molar-refractivity contribution in [3.63, 3.8) is 0 Å². The van der Waals surface area contributed by atoms with Gasteiger partial charge in [-0.1, -0.05) is 30.3 Å². The van der Waals surface area contributed by atoms with Crippen LogP contribution in [0.3, 0.4) is 0 Å². The maximum Gasteiger partial charge on any atom is 0.340 e. The molecule has 9 heteroatoms. The second-order valence-corrected chi connectivity index (χ2v) is 8.66. The lowest BCUT2D eigenvalue weighted by Gasteiger charge is -2.30. The molecule has 7 nitrogen and oxygen atoms in total. The van der Waals surface area contributed by atoms with E-state index in [1.54, 1.807) is 30.3 Å². The SMILES string of the molecule is CC(N)(CC(P(=O)(O)O)P(=O)(O)O)c1ccccc1. The lowest BCUT2D eigenvalue weighted by atomic mass is 9.90. The van der Waals surface area contributed by atoms with E-state index >= 15 is 0 Å². The Morgan fingerprint density at radius 3 is 1.89 bits per heavy atom. The molecule has 19 heavy (non-hydrogen) atoms. The molecule has 0 aliphatic rings. The molecule has 1 rings (SSSR count). The molecule has 0 aliphatic carbocycles. The van der Waals surface area contributed by atoms with Crippen molar-refractivity contribution >= 4 is 15.2 Å². The van der Waals surface area contributed by atoms with Gasteiger partial charge in [-0.25, -0.2) is 0 Å². The second kappa shape index (κ2) is 5.46. The van der Waals surface area contributed by atoms with Gasteiger partial charge in [-0.3, -0.25) is 9.13 Å². The fourth-order valence-corrected chi connectivity index (χ4v) is 4.55. The van der Waals surface area contributed by atoms with Crippen LogP contribution in [0.4, 0.5) is 0 Å². The molecular formula is C10H17NO6P2. The normalized spacial score (nSPS) is 16.4. The van der Waals surface area contributed by atoms with Gasteiger partial charge in [0.2, 0.25) is 0 Å². The average Bonchev–Trinajstić information content (AvgIpc) is 2.24. The number of benzene rings is 1. The first-order chi connectivity index (χ1) is 8.44. The van der Waals surface area contributed by atoms with Gasteiger partial charge >= 0.3 is 15.2 Å². The van der Waals surface area contributed by atoms with Gasteiger partial charge in [-0.15, -0.1) is 0 Å². The minimum Gasteiger partial charge on any atom is -0.324 e. The highest BCUT2D eigenvalue weighted by Gasteiger charge is 2.46. The van der Waals surface area contributed by atoms with Gasteiger partial charge in [0.15, 0.2) is 5.40 Å². The third kappa shape index (κ3) is 4.51.